The van der Waals surface area contributed by atoms with Gasteiger partial charge in [-0.05, 0) is 29.3 Å². The molecule has 3 aromatic carbocycles. The van der Waals surface area contributed by atoms with Crippen LogP contribution in [0.3, 0.4) is 0 Å². The zero-order valence-electron chi connectivity index (χ0n) is 16.4. The van der Waals surface area contributed by atoms with Gasteiger partial charge >= 0.3 is 0 Å². The minimum atomic E-state index is -1.29. The number of aromatic nitrogens is 1. The van der Waals surface area contributed by atoms with Crippen LogP contribution in [0.25, 0.3) is 10.9 Å². The number of carbonyl (C=O) groups is 1. The molecule has 0 fully saturated rings. The first-order valence-electron chi connectivity index (χ1n) is 9.60. The van der Waals surface area contributed by atoms with Crippen LogP contribution in [0.4, 0.5) is 0 Å². The van der Waals surface area contributed by atoms with Crippen LogP contribution in [0, 0.1) is 0 Å². The van der Waals surface area contributed by atoms with Crippen LogP contribution in [0.5, 0.6) is 0 Å². The molecule has 0 aliphatic heterocycles. The molecule has 2 N–H and O–H groups in total. The lowest BCUT2D eigenvalue weighted by Crippen LogP contribution is -2.25. The summed E-state index contributed by atoms with van der Waals surface area (Å²) in [5, 5.41) is 16.4. The van der Waals surface area contributed by atoms with Gasteiger partial charge in [0, 0.05) is 39.3 Å². The number of hydrogen-bond acceptors (Lipinski definition) is 3. The van der Waals surface area contributed by atoms with Crippen molar-refractivity contribution in [2.45, 2.75) is 12.6 Å². The van der Waals surface area contributed by atoms with Crippen molar-refractivity contribution >= 4 is 46.2 Å². The van der Waals surface area contributed by atoms with E-state index in [2.05, 4.69) is 15.1 Å². The zero-order chi connectivity index (χ0) is 21.8. The first-order chi connectivity index (χ1) is 15.0. The number of aliphatic hydroxyl groups excluding tert-OH is 1. The molecule has 0 saturated heterocycles. The highest BCUT2D eigenvalue weighted by atomic mass is 35.5. The van der Waals surface area contributed by atoms with Crippen LogP contribution in [0.1, 0.15) is 22.8 Å². The standard InChI is InChI=1S/C24H19Cl2N3O2/c25-19-11-10-17(21(26)12-19)14-29-15-18(20-8-4-5-9-22(20)29)13-27-28-24(31)23(30)16-6-2-1-3-7-16/h1-13,15,23,30H,14H2,(H,28,31)/b27-13-/t23-/m1/s1. The van der Waals surface area contributed by atoms with Crippen molar-refractivity contribution in [3.8, 4) is 0 Å². The number of amides is 1. The number of hydrogen-bond donors (Lipinski definition) is 2. The SMILES string of the molecule is O=C(N/N=C\c1cn(Cc2ccc(Cl)cc2Cl)c2ccccc12)[C@H](O)c1ccccc1. The lowest BCUT2D eigenvalue weighted by molar-refractivity contribution is -0.129. The molecule has 1 heterocycles. The summed E-state index contributed by atoms with van der Waals surface area (Å²) in [6.07, 6.45) is 2.23. The molecule has 4 rings (SSSR count). The smallest absolute Gasteiger partial charge is 0.273 e. The molecule has 4 aromatic rings. The first kappa shape index (κ1) is 21.1. The highest BCUT2D eigenvalue weighted by molar-refractivity contribution is 6.35. The first-order valence-corrected chi connectivity index (χ1v) is 10.4. The van der Waals surface area contributed by atoms with Crippen LogP contribution < -0.4 is 5.43 Å². The maximum absolute atomic E-state index is 12.2. The van der Waals surface area contributed by atoms with Crippen LogP contribution in [-0.2, 0) is 11.3 Å². The quantitative estimate of drug-likeness (QED) is 0.313. The van der Waals surface area contributed by atoms with Gasteiger partial charge in [-0.3, -0.25) is 4.79 Å². The van der Waals surface area contributed by atoms with Crippen LogP contribution in [0.2, 0.25) is 10.0 Å². The number of hydrazone groups is 1. The van der Waals surface area contributed by atoms with E-state index in [0.29, 0.717) is 22.2 Å². The van der Waals surface area contributed by atoms with Crippen molar-refractivity contribution < 1.29 is 9.90 Å². The van der Waals surface area contributed by atoms with E-state index in [-0.39, 0.29) is 0 Å². The van der Waals surface area contributed by atoms with Gasteiger partial charge in [0.1, 0.15) is 0 Å². The Balaban J connectivity index is 1.55. The van der Waals surface area contributed by atoms with Gasteiger partial charge in [-0.15, -0.1) is 0 Å². The topological polar surface area (TPSA) is 66.6 Å². The number of nitrogens with one attached hydrogen (secondary N) is 1. The summed E-state index contributed by atoms with van der Waals surface area (Å²) < 4.78 is 2.06. The van der Waals surface area contributed by atoms with Crippen molar-refractivity contribution in [3.05, 3.63) is 106 Å². The van der Waals surface area contributed by atoms with Gasteiger partial charge in [0.2, 0.25) is 0 Å². The lowest BCUT2D eigenvalue weighted by atomic mass is 10.1. The van der Waals surface area contributed by atoms with Gasteiger partial charge in [0.05, 0.1) is 6.21 Å². The molecule has 0 spiro atoms. The molecular weight excluding hydrogens is 433 g/mol. The number of halogens is 2. The highest BCUT2D eigenvalue weighted by Crippen LogP contribution is 2.25. The van der Waals surface area contributed by atoms with Gasteiger partial charge in [0.15, 0.2) is 6.10 Å². The third-order valence-corrected chi connectivity index (χ3v) is 5.50. The van der Waals surface area contributed by atoms with Crippen LogP contribution >= 0.6 is 23.2 Å². The van der Waals surface area contributed by atoms with Crippen LogP contribution in [-0.4, -0.2) is 21.8 Å². The van der Waals surface area contributed by atoms with Crippen molar-refractivity contribution in [2.24, 2.45) is 5.10 Å². The van der Waals surface area contributed by atoms with E-state index < -0.39 is 12.0 Å². The Hall–Kier alpha value is -3.12. The number of benzene rings is 3. The monoisotopic (exact) mass is 451 g/mol. The van der Waals surface area contributed by atoms with E-state index in [4.69, 9.17) is 23.2 Å². The molecular formula is C24H19Cl2N3O2. The van der Waals surface area contributed by atoms with E-state index in [1.54, 1.807) is 36.5 Å². The third-order valence-electron chi connectivity index (χ3n) is 4.92. The number of aliphatic hydroxyl groups is 1. The number of para-hydroxylation sites is 1. The molecule has 0 aliphatic rings. The Morgan fingerprint density at radius 2 is 1.81 bits per heavy atom. The Labute approximate surface area is 189 Å². The number of nitrogens with zero attached hydrogens (tertiary/aromatic N) is 2. The molecule has 5 nitrogen and oxygen atoms in total. The van der Waals surface area contributed by atoms with Gasteiger partial charge in [-0.1, -0.05) is 77.8 Å². The molecule has 0 unspecified atom stereocenters. The largest absolute Gasteiger partial charge is 0.378 e. The summed E-state index contributed by atoms with van der Waals surface area (Å²) in [6.45, 7) is 0.559. The molecule has 31 heavy (non-hydrogen) atoms. The normalized spacial score (nSPS) is 12.4. The van der Waals surface area contributed by atoms with E-state index in [0.717, 1.165) is 22.0 Å². The highest BCUT2D eigenvalue weighted by Gasteiger charge is 2.16. The minimum Gasteiger partial charge on any atom is -0.378 e. The minimum absolute atomic E-state index is 0.506. The predicted octanol–water partition coefficient (Wildman–Crippen LogP) is 5.18. The lowest BCUT2D eigenvalue weighted by Gasteiger charge is -2.08. The van der Waals surface area contributed by atoms with Gasteiger partial charge in [-0.2, -0.15) is 5.10 Å². The Morgan fingerprint density at radius 3 is 2.58 bits per heavy atom. The molecule has 0 radical (unpaired) electrons. The molecule has 0 bridgehead atoms. The van der Waals surface area contributed by atoms with Crippen molar-refractivity contribution in [1.82, 2.24) is 9.99 Å². The molecule has 0 saturated carbocycles. The fraction of sp³-hybridized carbons (Fsp3) is 0.0833. The fourth-order valence-electron chi connectivity index (χ4n) is 3.36. The average molecular weight is 452 g/mol. The number of rotatable bonds is 6. The Bertz CT molecular complexity index is 1250. The Kier molecular flexibility index (Phi) is 6.37. The summed E-state index contributed by atoms with van der Waals surface area (Å²) in [7, 11) is 0. The van der Waals surface area contributed by atoms with E-state index in [1.807, 2.05) is 48.7 Å². The average Bonchev–Trinajstić information content (AvgIpc) is 3.13. The fourth-order valence-corrected chi connectivity index (χ4v) is 3.82. The summed E-state index contributed by atoms with van der Waals surface area (Å²) in [5.74, 6) is -0.598. The number of fused-ring (bicyclic) bond motifs is 1. The maximum atomic E-state index is 12.2. The van der Waals surface area contributed by atoms with Gasteiger partial charge in [0.25, 0.3) is 5.91 Å². The molecule has 7 heteroatoms. The molecule has 1 amide bonds. The van der Waals surface area contributed by atoms with E-state index >= 15 is 0 Å². The Morgan fingerprint density at radius 1 is 1.06 bits per heavy atom. The molecule has 1 aromatic heterocycles. The summed E-state index contributed by atoms with van der Waals surface area (Å²) in [5.41, 5.74) is 5.68. The zero-order valence-corrected chi connectivity index (χ0v) is 17.9. The van der Waals surface area contributed by atoms with E-state index in [1.165, 1.54) is 0 Å². The summed E-state index contributed by atoms with van der Waals surface area (Å²) >= 11 is 12.3. The van der Waals surface area contributed by atoms with Crippen molar-refractivity contribution in [3.63, 3.8) is 0 Å². The summed E-state index contributed by atoms with van der Waals surface area (Å²) in [6, 6.07) is 22.0. The second-order valence-electron chi connectivity index (χ2n) is 7.01. The van der Waals surface area contributed by atoms with Crippen molar-refractivity contribution in [2.75, 3.05) is 0 Å². The molecule has 0 aliphatic carbocycles. The predicted molar refractivity (Wildman–Crippen MR) is 125 cm³/mol. The number of carbonyl (C=O) groups excluding carboxylic acids is 1. The second kappa shape index (κ2) is 9.35. The third kappa shape index (κ3) is 4.80. The summed E-state index contributed by atoms with van der Waals surface area (Å²) in [4.78, 5) is 12.2. The van der Waals surface area contributed by atoms with Gasteiger partial charge < -0.3 is 9.67 Å². The molecule has 156 valence electrons. The molecule has 1 atom stereocenters. The van der Waals surface area contributed by atoms with Crippen LogP contribution in [0.15, 0.2) is 84.1 Å². The van der Waals surface area contributed by atoms with Gasteiger partial charge in [-0.25, -0.2) is 5.43 Å². The van der Waals surface area contributed by atoms with E-state index in [9.17, 15) is 9.90 Å². The second-order valence-corrected chi connectivity index (χ2v) is 7.86. The maximum Gasteiger partial charge on any atom is 0.273 e. The van der Waals surface area contributed by atoms with Crippen molar-refractivity contribution in [1.29, 1.82) is 0 Å².